The molecule has 0 spiro atoms. The Morgan fingerprint density at radius 2 is 1.74 bits per heavy atom. The molecule has 5 rings (SSSR count). The predicted molar refractivity (Wildman–Crippen MR) is 139 cm³/mol. The fourth-order valence-electron chi connectivity index (χ4n) is 4.20. The quantitative estimate of drug-likeness (QED) is 0.365. The lowest BCUT2D eigenvalue weighted by atomic mass is 10.1. The highest BCUT2D eigenvalue weighted by Gasteiger charge is 2.22. The Bertz CT molecular complexity index is 1180. The summed E-state index contributed by atoms with van der Waals surface area (Å²) in [5.74, 6) is 2.14. The van der Waals surface area contributed by atoms with Crippen LogP contribution >= 0.6 is 11.8 Å². The number of carbonyl (C=O) groups excluding carboxylic acids is 1. The van der Waals surface area contributed by atoms with E-state index in [2.05, 4.69) is 20.1 Å². The Labute approximate surface area is 210 Å². The average Bonchev–Trinajstić information content (AvgIpc) is 3.71. The number of piperazine rings is 1. The number of anilines is 2. The van der Waals surface area contributed by atoms with Crippen molar-refractivity contribution < 1.29 is 9.18 Å². The van der Waals surface area contributed by atoms with Crippen molar-refractivity contribution in [1.82, 2.24) is 15.3 Å². The molecule has 1 aromatic heterocycles. The second kappa shape index (κ2) is 10.6. The third kappa shape index (κ3) is 6.11. The standard InChI is InChI=1S/C27H30FN5OS/c1-19-16-25(33-14-12-32(13-15-33)24-5-3-2-4-23(24)28)31-27(30-19)35-18-21-8-10-22(11-9-21)26(34)29-17-20-6-7-20/h2-5,8-11,16,20H,6-7,12-15,17-18H2,1H3,(H,29,34). The second-order valence-electron chi connectivity index (χ2n) is 9.21. The highest BCUT2D eigenvalue weighted by atomic mass is 32.2. The summed E-state index contributed by atoms with van der Waals surface area (Å²) in [4.78, 5) is 26.0. The number of amides is 1. The van der Waals surface area contributed by atoms with E-state index in [0.717, 1.165) is 60.7 Å². The summed E-state index contributed by atoms with van der Waals surface area (Å²) >= 11 is 1.59. The molecule has 0 unspecified atom stereocenters. The minimum Gasteiger partial charge on any atom is -0.366 e. The van der Waals surface area contributed by atoms with E-state index in [1.54, 1.807) is 17.8 Å². The lowest BCUT2D eigenvalue weighted by Crippen LogP contribution is -2.47. The summed E-state index contributed by atoms with van der Waals surface area (Å²) in [6, 6.07) is 16.7. The molecule has 1 N–H and O–H groups in total. The number of rotatable bonds is 8. The van der Waals surface area contributed by atoms with E-state index in [-0.39, 0.29) is 11.7 Å². The van der Waals surface area contributed by atoms with E-state index in [1.165, 1.54) is 18.9 Å². The number of nitrogens with one attached hydrogen (secondary N) is 1. The number of para-hydroxylation sites is 1. The van der Waals surface area contributed by atoms with Crippen LogP contribution in [0.5, 0.6) is 0 Å². The molecule has 0 atom stereocenters. The van der Waals surface area contributed by atoms with E-state index in [9.17, 15) is 9.18 Å². The Balaban J connectivity index is 1.17. The van der Waals surface area contributed by atoms with Crippen molar-refractivity contribution in [2.45, 2.75) is 30.7 Å². The van der Waals surface area contributed by atoms with E-state index in [4.69, 9.17) is 4.98 Å². The SMILES string of the molecule is Cc1cc(N2CCN(c3ccccc3F)CC2)nc(SCc2ccc(C(=O)NCC3CC3)cc2)n1. The zero-order valence-electron chi connectivity index (χ0n) is 19.9. The van der Waals surface area contributed by atoms with Crippen molar-refractivity contribution in [3.8, 4) is 0 Å². The summed E-state index contributed by atoms with van der Waals surface area (Å²) in [5, 5.41) is 3.74. The predicted octanol–water partition coefficient (Wildman–Crippen LogP) is 4.68. The van der Waals surface area contributed by atoms with Crippen LogP contribution in [0.15, 0.2) is 59.8 Å². The molecule has 182 valence electrons. The maximum absolute atomic E-state index is 14.2. The van der Waals surface area contributed by atoms with E-state index in [1.807, 2.05) is 49.4 Å². The molecule has 1 saturated heterocycles. The van der Waals surface area contributed by atoms with Gasteiger partial charge in [-0.25, -0.2) is 14.4 Å². The first-order valence-electron chi connectivity index (χ1n) is 12.2. The minimum absolute atomic E-state index is 0.00198. The third-order valence-electron chi connectivity index (χ3n) is 6.45. The van der Waals surface area contributed by atoms with Crippen LogP contribution in [0.25, 0.3) is 0 Å². The van der Waals surface area contributed by atoms with Crippen LogP contribution in [0.4, 0.5) is 15.9 Å². The highest BCUT2D eigenvalue weighted by molar-refractivity contribution is 7.98. The first kappa shape index (κ1) is 23.6. The molecule has 2 aliphatic rings. The van der Waals surface area contributed by atoms with Gasteiger partial charge in [0.1, 0.15) is 11.6 Å². The van der Waals surface area contributed by atoms with Gasteiger partial charge < -0.3 is 15.1 Å². The van der Waals surface area contributed by atoms with Crippen molar-refractivity contribution in [1.29, 1.82) is 0 Å². The molecule has 35 heavy (non-hydrogen) atoms. The molecule has 0 bridgehead atoms. The van der Waals surface area contributed by atoms with Crippen LogP contribution < -0.4 is 15.1 Å². The number of halogens is 1. The fraction of sp³-hybridized carbons (Fsp3) is 0.370. The molecule has 1 saturated carbocycles. The molecule has 3 aromatic rings. The number of hydrogen-bond donors (Lipinski definition) is 1. The monoisotopic (exact) mass is 491 g/mol. The van der Waals surface area contributed by atoms with E-state index < -0.39 is 0 Å². The number of carbonyl (C=O) groups is 1. The van der Waals surface area contributed by atoms with Crippen LogP contribution in [0.3, 0.4) is 0 Å². The molecular formula is C27H30FN5OS. The van der Waals surface area contributed by atoms with Gasteiger partial charge in [-0.1, -0.05) is 36.0 Å². The molecule has 2 aromatic carbocycles. The number of thioether (sulfide) groups is 1. The Hall–Kier alpha value is -3.13. The van der Waals surface area contributed by atoms with E-state index in [0.29, 0.717) is 17.2 Å². The van der Waals surface area contributed by atoms with Crippen LogP contribution in [-0.2, 0) is 5.75 Å². The number of nitrogens with zero attached hydrogens (tertiary/aromatic N) is 4. The normalized spacial score (nSPS) is 15.8. The summed E-state index contributed by atoms with van der Waals surface area (Å²) in [6.45, 7) is 5.81. The summed E-state index contributed by atoms with van der Waals surface area (Å²) in [5.41, 5.74) is 3.41. The largest absolute Gasteiger partial charge is 0.366 e. The van der Waals surface area contributed by atoms with Gasteiger partial charge in [0.05, 0.1) is 5.69 Å². The number of aryl methyl sites for hydroxylation is 1. The van der Waals surface area contributed by atoms with Gasteiger partial charge >= 0.3 is 0 Å². The van der Waals surface area contributed by atoms with Crippen molar-refractivity contribution in [3.05, 3.63) is 77.2 Å². The van der Waals surface area contributed by atoms with Gasteiger partial charge in [-0.3, -0.25) is 4.79 Å². The Kier molecular flexibility index (Phi) is 7.18. The molecule has 6 nitrogen and oxygen atoms in total. The molecule has 1 aliphatic heterocycles. The van der Waals surface area contributed by atoms with Gasteiger partial charge in [0, 0.05) is 55.8 Å². The van der Waals surface area contributed by atoms with Gasteiger partial charge in [0.2, 0.25) is 0 Å². The number of aromatic nitrogens is 2. The lowest BCUT2D eigenvalue weighted by molar-refractivity contribution is 0.0952. The molecule has 1 amide bonds. The zero-order chi connectivity index (χ0) is 24.2. The smallest absolute Gasteiger partial charge is 0.251 e. The van der Waals surface area contributed by atoms with Crippen LogP contribution in [0, 0.1) is 18.7 Å². The lowest BCUT2D eigenvalue weighted by Gasteiger charge is -2.37. The van der Waals surface area contributed by atoms with Gasteiger partial charge in [0.25, 0.3) is 5.91 Å². The third-order valence-corrected chi connectivity index (χ3v) is 7.37. The first-order valence-corrected chi connectivity index (χ1v) is 13.1. The topological polar surface area (TPSA) is 61.4 Å². The molecule has 0 radical (unpaired) electrons. The van der Waals surface area contributed by atoms with Crippen LogP contribution in [0.1, 0.15) is 34.5 Å². The summed E-state index contributed by atoms with van der Waals surface area (Å²) < 4.78 is 14.2. The number of hydrogen-bond acceptors (Lipinski definition) is 6. The van der Waals surface area contributed by atoms with Crippen molar-refractivity contribution in [3.63, 3.8) is 0 Å². The molecule has 2 heterocycles. The van der Waals surface area contributed by atoms with E-state index >= 15 is 0 Å². The average molecular weight is 492 g/mol. The summed E-state index contributed by atoms with van der Waals surface area (Å²) in [7, 11) is 0. The Morgan fingerprint density at radius 1 is 1.03 bits per heavy atom. The van der Waals surface area contributed by atoms with Crippen molar-refractivity contribution >= 4 is 29.2 Å². The summed E-state index contributed by atoms with van der Waals surface area (Å²) in [6.07, 6.45) is 2.45. The molecule has 2 fully saturated rings. The zero-order valence-corrected chi connectivity index (χ0v) is 20.7. The maximum atomic E-state index is 14.2. The first-order chi connectivity index (χ1) is 17.0. The minimum atomic E-state index is -0.176. The van der Waals surface area contributed by atoms with Gasteiger partial charge in [0.15, 0.2) is 5.16 Å². The number of benzene rings is 2. The van der Waals surface area contributed by atoms with Crippen molar-refractivity contribution in [2.24, 2.45) is 5.92 Å². The highest BCUT2D eigenvalue weighted by Crippen LogP contribution is 2.28. The molecule has 8 heteroatoms. The molecular weight excluding hydrogens is 461 g/mol. The fourth-order valence-corrected chi connectivity index (χ4v) is 5.05. The van der Waals surface area contributed by atoms with Gasteiger partial charge in [-0.15, -0.1) is 0 Å². The Morgan fingerprint density at radius 3 is 2.46 bits per heavy atom. The van der Waals surface area contributed by atoms with Crippen molar-refractivity contribution in [2.75, 3.05) is 42.5 Å². The van der Waals surface area contributed by atoms with Crippen LogP contribution in [0.2, 0.25) is 0 Å². The van der Waals surface area contributed by atoms with Crippen LogP contribution in [-0.4, -0.2) is 48.6 Å². The van der Waals surface area contributed by atoms with Gasteiger partial charge in [-0.05, 0) is 55.5 Å². The molecule has 1 aliphatic carbocycles. The van der Waals surface area contributed by atoms with Gasteiger partial charge in [-0.2, -0.15) is 0 Å². The maximum Gasteiger partial charge on any atom is 0.251 e. The second-order valence-corrected chi connectivity index (χ2v) is 10.2.